The summed E-state index contributed by atoms with van der Waals surface area (Å²) in [6.45, 7) is 2.69. The number of nitrogens with one attached hydrogen (secondary N) is 1. The highest BCUT2D eigenvalue weighted by Crippen LogP contribution is 2.17. The molecule has 0 fully saturated rings. The minimum absolute atomic E-state index is 0.506. The lowest BCUT2D eigenvalue weighted by atomic mass is 10.2. The second-order valence-corrected chi connectivity index (χ2v) is 4.96. The molecular weight excluding hydrogens is 302 g/mol. The molecule has 0 atom stereocenters. The van der Waals surface area contributed by atoms with Crippen LogP contribution >= 0.6 is 27.5 Å². The van der Waals surface area contributed by atoms with Gasteiger partial charge in [0.2, 0.25) is 0 Å². The maximum Gasteiger partial charge on any atom is 0.129 e. The summed E-state index contributed by atoms with van der Waals surface area (Å²) in [4.78, 5) is 8.33. The van der Waals surface area contributed by atoms with E-state index in [4.69, 9.17) is 11.6 Å². The Hall–Kier alpha value is -1.13. The molecule has 0 aliphatic heterocycles. The van der Waals surface area contributed by atoms with Crippen molar-refractivity contribution in [2.45, 2.75) is 13.5 Å². The number of aromatic nitrogens is 2. The number of anilines is 1. The van der Waals surface area contributed by atoms with Gasteiger partial charge in [-0.25, -0.2) is 9.97 Å². The van der Waals surface area contributed by atoms with Gasteiger partial charge in [-0.05, 0) is 46.1 Å². The molecule has 2 aromatic rings. The van der Waals surface area contributed by atoms with Crippen LogP contribution in [0, 0.1) is 6.92 Å². The summed E-state index contributed by atoms with van der Waals surface area (Å²) in [5, 5.41) is 3.77. The molecule has 0 spiro atoms. The van der Waals surface area contributed by atoms with Gasteiger partial charge >= 0.3 is 0 Å². The fourth-order valence-corrected chi connectivity index (χ4v) is 1.98. The largest absolute Gasteiger partial charge is 0.366 e. The molecule has 2 heterocycles. The van der Waals surface area contributed by atoms with Crippen molar-refractivity contribution in [3.05, 3.63) is 51.3 Å². The quantitative estimate of drug-likeness (QED) is 0.876. The van der Waals surface area contributed by atoms with E-state index in [1.807, 2.05) is 19.1 Å². The molecule has 2 rings (SSSR count). The van der Waals surface area contributed by atoms with Crippen molar-refractivity contribution in [1.29, 1.82) is 0 Å². The normalized spacial score (nSPS) is 10.3. The average Bonchev–Trinajstić information content (AvgIpc) is 2.30. The summed E-state index contributed by atoms with van der Waals surface area (Å²) >= 11 is 9.11. The predicted octanol–water partition coefficient (Wildman–Crippen LogP) is 3.81. The molecule has 0 aliphatic rings. The summed E-state index contributed by atoms with van der Waals surface area (Å²) in [5.41, 5.74) is 2.17. The highest BCUT2D eigenvalue weighted by atomic mass is 79.9. The molecule has 0 radical (unpaired) electrons. The van der Waals surface area contributed by atoms with Gasteiger partial charge in [0.25, 0.3) is 0 Å². The van der Waals surface area contributed by atoms with Crippen molar-refractivity contribution in [2.75, 3.05) is 5.32 Å². The molecule has 0 saturated carbocycles. The monoisotopic (exact) mass is 311 g/mol. The molecule has 0 bridgehead atoms. The number of hydrogen-bond acceptors (Lipinski definition) is 3. The van der Waals surface area contributed by atoms with E-state index in [2.05, 4.69) is 31.2 Å². The number of hydrogen-bond donors (Lipinski definition) is 1. The van der Waals surface area contributed by atoms with Gasteiger partial charge in [0, 0.05) is 23.4 Å². The van der Waals surface area contributed by atoms with Gasteiger partial charge in [-0.1, -0.05) is 17.7 Å². The summed E-state index contributed by atoms with van der Waals surface area (Å²) < 4.78 is 0.980. The third kappa shape index (κ3) is 3.41. The van der Waals surface area contributed by atoms with Gasteiger partial charge in [-0.15, -0.1) is 0 Å². The Bertz CT molecular complexity index is 514. The van der Waals surface area contributed by atoms with Crippen LogP contribution in [0.15, 0.2) is 35.1 Å². The van der Waals surface area contributed by atoms with E-state index < -0.39 is 0 Å². The van der Waals surface area contributed by atoms with Crippen LogP contribution in [0.5, 0.6) is 0 Å². The minimum atomic E-state index is 0.506. The van der Waals surface area contributed by atoms with E-state index in [-0.39, 0.29) is 0 Å². The van der Waals surface area contributed by atoms with Crippen LogP contribution in [0.25, 0.3) is 0 Å². The second kappa shape index (κ2) is 5.47. The van der Waals surface area contributed by atoms with Crippen molar-refractivity contribution in [2.24, 2.45) is 0 Å². The highest BCUT2D eigenvalue weighted by molar-refractivity contribution is 9.10. The van der Waals surface area contributed by atoms with Crippen LogP contribution in [-0.2, 0) is 6.54 Å². The van der Waals surface area contributed by atoms with E-state index in [0.717, 1.165) is 21.4 Å². The first kappa shape index (κ1) is 12.3. The summed E-state index contributed by atoms with van der Waals surface area (Å²) in [5.74, 6) is 0.878. The van der Waals surface area contributed by atoms with Crippen LogP contribution in [0.2, 0.25) is 5.15 Å². The number of halogens is 2. The molecule has 0 amide bonds. The summed E-state index contributed by atoms with van der Waals surface area (Å²) in [6.07, 6.45) is 3.53. The van der Waals surface area contributed by atoms with E-state index in [1.165, 1.54) is 0 Å². The lowest BCUT2D eigenvalue weighted by Crippen LogP contribution is -2.03. The van der Waals surface area contributed by atoms with Crippen molar-refractivity contribution >= 4 is 33.3 Å². The van der Waals surface area contributed by atoms with Gasteiger partial charge in [-0.2, -0.15) is 0 Å². The maximum atomic E-state index is 5.72. The Morgan fingerprint density at radius 2 is 2.12 bits per heavy atom. The zero-order valence-electron chi connectivity index (χ0n) is 9.24. The van der Waals surface area contributed by atoms with Crippen LogP contribution in [0.4, 0.5) is 5.82 Å². The Labute approximate surface area is 113 Å². The van der Waals surface area contributed by atoms with Gasteiger partial charge in [-0.3, -0.25) is 0 Å². The molecule has 0 unspecified atom stereocenters. The molecule has 1 N–H and O–H groups in total. The van der Waals surface area contributed by atoms with E-state index in [9.17, 15) is 0 Å². The summed E-state index contributed by atoms with van der Waals surface area (Å²) in [7, 11) is 0. The highest BCUT2D eigenvalue weighted by Gasteiger charge is 2.00. The first-order valence-electron chi connectivity index (χ1n) is 5.11. The zero-order valence-corrected chi connectivity index (χ0v) is 11.6. The lowest BCUT2D eigenvalue weighted by molar-refractivity contribution is 1.07. The van der Waals surface area contributed by atoms with Gasteiger partial charge in [0.15, 0.2) is 0 Å². The minimum Gasteiger partial charge on any atom is -0.366 e. The standard InChI is InChI=1S/C12H11BrClN3/c1-8-4-10(13)7-17-12(8)16-6-9-2-3-11(14)15-5-9/h2-5,7H,6H2,1H3,(H,16,17). The van der Waals surface area contributed by atoms with Crippen LogP contribution in [-0.4, -0.2) is 9.97 Å². The molecule has 0 saturated heterocycles. The fraction of sp³-hybridized carbons (Fsp3) is 0.167. The zero-order chi connectivity index (χ0) is 12.3. The van der Waals surface area contributed by atoms with Crippen LogP contribution < -0.4 is 5.32 Å². The first-order valence-corrected chi connectivity index (χ1v) is 6.29. The van der Waals surface area contributed by atoms with E-state index in [0.29, 0.717) is 11.7 Å². The Morgan fingerprint density at radius 1 is 1.29 bits per heavy atom. The number of nitrogens with zero attached hydrogens (tertiary/aromatic N) is 2. The molecule has 5 heteroatoms. The Balaban J connectivity index is 2.04. The molecule has 3 nitrogen and oxygen atoms in total. The maximum absolute atomic E-state index is 5.72. The van der Waals surface area contributed by atoms with Gasteiger partial charge < -0.3 is 5.32 Å². The molecular formula is C12H11BrClN3. The van der Waals surface area contributed by atoms with Crippen LogP contribution in [0.3, 0.4) is 0 Å². The summed E-state index contributed by atoms with van der Waals surface area (Å²) in [6, 6.07) is 5.74. The number of pyridine rings is 2. The molecule has 88 valence electrons. The molecule has 17 heavy (non-hydrogen) atoms. The third-order valence-electron chi connectivity index (χ3n) is 2.29. The van der Waals surface area contributed by atoms with Crippen molar-refractivity contribution in [3.63, 3.8) is 0 Å². The topological polar surface area (TPSA) is 37.8 Å². The fourth-order valence-electron chi connectivity index (χ4n) is 1.42. The molecule has 0 aliphatic carbocycles. The lowest BCUT2D eigenvalue weighted by Gasteiger charge is -2.08. The number of aryl methyl sites for hydroxylation is 1. The van der Waals surface area contributed by atoms with Crippen molar-refractivity contribution in [3.8, 4) is 0 Å². The average molecular weight is 313 g/mol. The smallest absolute Gasteiger partial charge is 0.129 e. The molecule has 2 aromatic heterocycles. The Kier molecular flexibility index (Phi) is 3.97. The van der Waals surface area contributed by atoms with Crippen molar-refractivity contribution < 1.29 is 0 Å². The SMILES string of the molecule is Cc1cc(Br)cnc1NCc1ccc(Cl)nc1. The van der Waals surface area contributed by atoms with Gasteiger partial charge in [0.1, 0.15) is 11.0 Å². The molecule has 0 aromatic carbocycles. The van der Waals surface area contributed by atoms with E-state index >= 15 is 0 Å². The number of rotatable bonds is 3. The second-order valence-electron chi connectivity index (χ2n) is 3.66. The van der Waals surface area contributed by atoms with Gasteiger partial charge in [0.05, 0.1) is 0 Å². The van der Waals surface area contributed by atoms with Crippen LogP contribution in [0.1, 0.15) is 11.1 Å². The third-order valence-corrected chi connectivity index (χ3v) is 2.95. The van der Waals surface area contributed by atoms with Crippen molar-refractivity contribution in [1.82, 2.24) is 9.97 Å². The first-order chi connectivity index (χ1) is 8.15. The predicted molar refractivity (Wildman–Crippen MR) is 73.2 cm³/mol. The van der Waals surface area contributed by atoms with E-state index in [1.54, 1.807) is 18.5 Å². The Morgan fingerprint density at radius 3 is 2.76 bits per heavy atom.